The molecule has 0 aliphatic carbocycles. The molecule has 4 aromatic rings. The van der Waals surface area contributed by atoms with Crippen molar-refractivity contribution in [3.05, 3.63) is 48.9 Å². The van der Waals surface area contributed by atoms with Crippen LogP contribution in [0.1, 0.15) is 0 Å². The van der Waals surface area contributed by atoms with Gasteiger partial charge in [-0.3, -0.25) is 9.48 Å². The second-order valence-electron chi connectivity index (χ2n) is 6.47. The second kappa shape index (κ2) is 7.63. The number of aryl methyl sites for hydroxylation is 1. The molecule has 0 fully saturated rings. The molecule has 0 radical (unpaired) electrons. The molecule has 0 spiro atoms. The van der Waals surface area contributed by atoms with Gasteiger partial charge >= 0.3 is 0 Å². The molecule has 0 saturated carbocycles. The summed E-state index contributed by atoms with van der Waals surface area (Å²) in [5.74, 6) is 0.990. The van der Waals surface area contributed by atoms with Gasteiger partial charge in [0.2, 0.25) is 5.91 Å². The number of benzene rings is 2. The fourth-order valence-electron chi connectivity index (χ4n) is 3.16. The molecule has 0 saturated heterocycles. The van der Waals surface area contributed by atoms with E-state index >= 15 is 0 Å². The lowest BCUT2D eigenvalue weighted by atomic mass is 10.1. The van der Waals surface area contributed by atoms with E-state index in [-0.39, 0.29) is 12.5 Å². The van der Waals surface area contributed by atoms with Crippen molar-refractivity contribution < 1.29 is 14.3 Å². The van der Waals surface area contributed by atoms with Gasteiger partial charge in [0.25, 0.3) is 0 Å². The normalized spacial score (nSPS) is 10.9. The first-order valence-corrected chi connectivity index (χ1v) is 8.91. The van der Waals surface area contributed by atoms with Gasteiger partial charge < -0.3 is 19.4 Å². The third kappa shape index (κ3) is 3.75. The summed E-state index contributed by atoms with van der Waals surface area (Å²) in [7, 11) is 4.93. The number of carbonyl (C=O) groups excluding carboxylic acids is 1. The zero-order valence-electron chi connectivity index (χ0n) is 16.3. The first kappa shape index (κ1) is 18.5. The number of hydrogen-bond donors (Lipinski definition) is 1. The molecule has 0 bridgehead atoms. The largest absolute Gasteiger partial charge is 0.497 e. The molecule has 1 amide bonds. The molecule has 29 heavy (non-hydrogen) atoms. The maximum absolute atomic E-state index is 12.7. The van der Waals surface area contributed by atoms with Crippen molar-refractivity contribution in [2.75, 3.05) is 19.5 Å². The number of nitrogens with one attached hydrogen (secondary N) is 1. The minimum atomic E-state index is -0.200. The first-order valence-electron chi connectivity index (χ1n) is 8.91. The number of ether oxygens (including phenoxy) is 2. The second-order valence-corrected chi connectivity index (χ2v) is 6.47. The summed E-state index contributed by atoms with van der Waals surface area (Å²) in [6, 6.07) is 11.0. The molecular weight excluding hydrogens is 372 g/mol. The van der Waals surface area contributed by atoms with E-state index in [9.17, 15) is 4.79 Å². The first-order chi connectivity index (χ1) is 14.1. The molecule has 0 unspecified atom stereocenters. The number of aromatic nitrogens is 5. The van der Waals surface area contributed by atoms with E-state index in [4.69, 9.17) is 9.47 Å². The molecule has 2 heterocycles. The highest BCUT2D eigenvalue weighted by molar-refractivity contribution is 5.95. The molecule has 9 nitrogen and oxygen atoms in total. The number of amides is 1. The van der Waals surface area contributed by atoms with Gasteiger partial charge in [-0.05, 0) is 6.07 Å². The van der Waals surface area contributed by atoms with Gasteiger partial charge in [-0.2, -0.15) is 0 Å². The lowest BCUT2D eigenvalue weighted by Crippen LogP contribution is -2.18. The Morgan fingerprint density at radius 3 is 2.55 bits per heavy atom. The summed E-state index contributed by atoms with van der Waals surface area (Å²) in [5, 5.41) is 11.1. The highest BCUT2D eigenvalue weighted by Gasteiger charge is 2.15. The lowest BCUT2D eigenvalue weighted by Gasteiger charge is -2.11. The van der Waals surface area contributed by atoms with E-state index in [2.05, 4.69) is 20.6 Å². The van der Waals surface area contributed by atoms with Crippen molar-refractivity contribution in [3.8, 4) is 22.8 Å². The Morgan fingerprint density at radius 1 is 1.14 bits per heavy atom. The number of anilines is 1. The molecule has 0 aliphatic rings. The SMILES string of the molecule is COc1cc(NC(=O)Cn2cnc3cccc(-c4cn(C)nn4)c32)cc(OC)c1. The van der Waals surface area contributed by atoms with Gasteiger partial charge in [0.15, 0.2) is 0 Å². The van der Waals surface area contributed by atoms with Crippen LogP contribution in [0, 0.1) is 0 Å². The van der Waals surface area contributed by atoms with Gasteiger partial charge in [-0.1, -0.05) is 17.3 Å². The van der Waals surface area contributed by atoms with Crippen LogP contribution in [-0.2, 0) is 18.4 Å². The number of carbonyl (C=O) groups is 1. The van der Waals surface area contributed by atoms with E-state index < -0.39 is 0 Å². The Bertz CT molecular complexity index is 1160. The quantitative estimate of drug-likeness (QED) is 0.542. The molecule has 148 valence electrons. The zero-order chi connectivity index (χ0) is 20.4. The number of fused-ring (bicyclic) bond motifs is 1. The van der Waals surface area contributed by atoms with Crippen LogP contribution in [0.15, 0.2) is 48.9 Å². The third-order valence-corrected chi connectivity index (χ3v) is 4.47. The summed E-state index contributed by atoms with van der Waals surface area (Å²) in [5.41, 5.74) is 3.78. The predicted molar refractivity (Wildman–Crippen MR) is 108 cm³/mol. The summed E-state index contributed by atoms with van der Waals surface area (Å²) in [4.78, 5) is 17.1. The van der Waals surface area contributed by atoms with Crippen LogP contribution in [0.3, 0.4) is 0 Å². The molecule has 9 heteroatoms. The van der Waals surface area contributed by atoms with Crippen LogP contribution >= 0.6 is 0 Å². The maximum Gasteiger partial charge on any atom is 0.244 e. The average Bonchev–Trinajstić information content (AvgIpc) is 3.34. The van der Waals surface area contributed by atoms with Crippen molar-refractivity contribution in [1.29, 1.82) is 0 Å². The predicted octanol–water partition coefficient (Wildman–Crippen LogP) is 2.49. The van der Waals surface area contributed by atoms with Crippen LogP contribution < -0.4 is 14.8 Å². The molecule has 2 aromatic carbocycles. The fraction of sp³-hybridized carbons (Fsp3) is 0.200. The topological polar surface area (TPSA) is 96.1 Å². The van der Waals surface area contributed by atoms with Gasteiger partial charge in [0.05, 0.1) is 37.8 Å². The molecule has 0 aliphatic heterocycles. The standard InChI is InChI=1S/C20H20N6O3/c1-25-10-18(23-24-25)16-5-4-6-17-20(16)26(12-21-17)11-19(27)22-13-7-14(28-2)9-15(8-13)29-3/h4-10,12H,11H2,1-3H3,(H,22,27). The Balaban J connectivity index is 1.62. The Kier molecular flexibility index (Phi) is 4.86. The lowest BCUT2D eigenvalue weighted by molar-refractivity contribution is -0.116. The molecular formula is C20H20N6O3. The smallest absolute Gasteiger partial charge is 0.244 e. The summed E-state index contributed by atoms with van der Waals surface area (Å²) in [6.45, 7) is 0.0906. The zero-order valence-corrected chi connectivity index (χ0v) is 16.3. The average molecular weight is 392 g/mol. The molecule has 1 N–H and O–H groups in total. The fourth-order valence-corrected chi connectivity index (χ4v) is 3.16. The van der Waals surface area contributed by atoms with Crippen molar-refractivity contribution in [2.45, 2.75) is 6.54 Å². The van der Waals surface area contributed by atoms with Crippen molar-refractivity contribution in [2.24, 2.45) is 7.05 Å². The maximum atomic E-state index is 12.7. The van der Waals surface area contributed by atoms with E-state index in [0.717, 1.165) is 22.3 Å². The number of imidazole rings is 1. The number of nitrogens with zero attached hydrogens (tertiary/aromatic N) is 5. The van der Waals surface area contributed by atoms with Gasteiger partial charge in [0, 0.05) is 36.5 Å². The van der Waals surface area contributed by atoms with Crippen LogP contribution in [0.4, 0.5) is 5.69 Å². The number of hydrogen-bond acceptors (Lipinski definition) is 6. The van der Waals surface area contributed by atoms with Crippen LogP contribution in [-0.4, -0.2) is 44.7 Å². The van der Waals surface area contributed by atoms with Crippen molar-refractivity contribution >= 4 is 22.6 Å². The van der Waals surface area contributed by atoms with Gasteiger partial charge in [-0.25, -0.2) is 4.98 Å². The Labute approximate surface area is 166 Å². The summed E-state index contributed by atoms with van der Waals surface area (Å²) in [6.07, 6.45) is 3.48. The molecule has 4 rings (SSSR count). The summed E-state index contributed by atoms with van der Waals surface area (Å²) < 4.78 is 13.9. The van der Waals surface area contributed by atoms with Crippen molar-refractivity contribution in [1.82, 2.24) is 24.5 Å². The summed E-state index contributed by atoms with van der Waals surface area (Å²) >= 11 is 0. The molecule has 2 aromatic heterocycles. The van der Waals surface area contributed by atoms with Crippen molar-refractivity contribution in [3.63, 3.8) is 0 Å². The highest BCUT2D eigenvalue weighted by Crippen LogP contribution is 2.28. The molecule has 0 atom stereocenters. The number of methoxy groups -OCH3 is 2. The number of rotatable bonds is 6. The van der Waals surface area contributed by atoms with Crippen LogP contribution in [0.2, 0.25) is 0 Å². The Hall–Kier alpha value is -3.88. The van der Waals surface area contributed by atoms with Gasteiger partial charge in [0.1, 0.15) is 23.7 Å². The minimum Gasteiger partial charge on any atom is -0.497 e. The Morgan fingerprint density at radius 2 is 1.90 bits per heavy atom. The van der Waals surface area contributed by atoms with E-state index in [1.165, 1.54) is 0 Å². The van der Waals surface area contributed by atoms with E-state index in [1.807, 2.05) is 31.4 Å². The van der Waals surface area contributed by atoms with E-state index in [0.29, 0.717) is 17.2 Å². The minimum absolute atomic E-state index is 0.0906. The third-order valence-electron chi connectivity index (χ3n) is 4.47. The van der Waals surface area contributed by atoms with Crippen LogP contribution in [0.5, 0.6) is 11.5 Å². The highest BCUT2D eigenvalue weighted by atomic mass is 16.5. The van der Waals surface area contributed by atoms with Gasteiger partial charge in [-0.15, -0.1) is 5.10 Å². The van der Waals surface area contributed by atoms with E-state index in [1.54, 1.807) is 48.0 Å². The number of para-hydroxylation sites is 1. The monoisotopic (exact) mass is 392 g/mol. The van der Waals surface area contributed by atoms with Crippen LogP contribution in [0.25, 0.3) is 22.3 Å².